The van der Waals surface area contributed by atoms with Crippen LogP contribution in [0.4, 0.5) is 5.82 Å². The summed E-state index contributed by atoms with van der Waals surface area (Å²) in [6.45, 7) is 12.8. The van der Waals surface area contributed by atoms with Gasteiger partial charge in [0.2, 0.25) is 0 Å². The standard InChI is InChI=1S/C23H40N6.HI/c1-4-24-23(27-21-11-15-28(16-12-21)19(2)3)26-18-20-9-10-22(25-17-20)29-13-7-5-6-8-14-29;/h9-10,17,19,21H,4-8,11-16,18H2,1-3H3,(H2,24,26,27);1H. The summed E-state index contributed by atoms with van der Waals surface area (Å²) in [7, 11) is 0. The number of halogens is 1. The van der Waals surface area contributed by atoms with Crippen LogP contribution < -0.4 is 15.5 Å². The van der Waals surface area contributed by atoms with Crippen molar-refractivity contribution in [1.82, 2.24) is 20.5 Å². The summed E-state index contributed by atoms with van der Waals surface area (Å²) in [4.78, 5) is 14.5. The number of rotatable bonds is 6. The molecule has 1 aromatic heterocycles. The summed E-state index contributed by atoms with van der Waals surface area (Å²) in [6.07, 6.45) is 9.60. The van der Waals surface area contributed by atoms with Gasteiger partial charge in [0.1, 0.15) is 5.82 Å². The van der Waals surface area contributed by atoms with E-state index in [1.165, 1.54) is 38.5 Å². The molecule has 1 aromatic rings. The first-order valence-corrected chi connectivity index (χ1v) is 11.6. The Balaban J connectivity index is 0.00000320. The summed E-state index contributed by atoms with van der Waals surface area (Å²) in [5, 5.41) is 7.04. The summed E-state index contributed by atoms with van der Waals surface area (Å²) in [5.74, 6) is 2.04. The number of piperidine rings is 1. The van der Waals surface area contributed by atoms with Crippen LogP contribution >= 0.6 is 24.0 Å². The number of nitrogens with one attached hydrogen (secondary N) is 2. The van der Waals surface area contributed by atoms with Gasteiger partial charge >= 0.3 is 0 Å². The van der Waals surface area contributed by atoms with Gasteiger partial charge in [-0.3, -0.25) is 0 Å². The van der Waals surface area contributed by atoms with Crippen molar-refractivity contribution < 1.29 is 0 Å². The van der Waals surface area contributed by atoms with E-state index in [2.05, 4.69) is 53.3 Å². The molecule has 0 atom stereocenters. The molecule has 0 bridgehead atoms. The van der Waals surface area contributed by atoms with E-state index in [1.807, 2.05) is 6.20 Å². The molecular weight excluding hydrogens is 487 g/mol. The van der Waals surface area contributed by atoms with E-state index >= 15 is 0 Å². The van der Waals surface area contributed by atoms with Gasteiger partial charge in [-0.15, -0.1) is 24.0 Å². The van der Waals surface area contributed by atoms with E-state index in [1.54, 1.807) is 0 Å². The Hall–Kier alpha value is -1.09. The lowest BCUT2D eigenvalue weighted by molar-refractivity contribution is 0.167. The number of aliphatic imine (C=N–C) groups is 1. The highest BCUT2D eigenvalue weighted by atomic mass is 127. The van der Waals surface area contributed by atoms with Crippen LogP contribution in [-0.2, 0) is 6.54 Å². The van der Waals surface area contributed by atoms with E-state index in [9.17, 15) is 0 Å². The highest BCUT2D eigenvalue weighted by Crippen LogP contribution is 2.18. The quantitative estimate of drug-likeness (QED) is 0.332. The first-order valence-electron chi connectivity index (χ1n) is 11.6. The molecule has 0 unspecified atom stereocenters. The Morgan fingerprint density at radius 1 is 1.10 bits per heavy atom. The van der Waals surface area contributed by atoms with Gasteiger partial charge < -0.3 is 20.4 Å². The van der Waals surface area contributed by atoms with Gasteiger partial charge in [-0.25, -0.2) is 9.98 Å². The maximum absolute atomic E-state index is 4.82. The van der Waals surface area contributed by atoms with Gasteiger partial charge in [0.25, 0.3) is 0 Å². The lowest BCUT2D eigenvalue weighted by Crippen LogP contribution is -2.49. The van der Waals surface area contributed by atoms with Gasteiger partial charge in [0.05, 0.1) is 6.54 Å². The Bertz CT molecular complexity index is 617. The molecular formula is C23H41IN6. The van der Waals surface area contributed by atoms with Crippen molar-refractivity contribution in [3.05, 3.63) is 23.9 Å². The van der Waals surface area contributed by atoms with Crippen molar-refractivity contribution in [2.45, 2.75) is 77.9 Å². The third kappa shape index (κ3) is 7.87. The number of aromatic nitrogens is 1. The number of anilines is 1. The predicted molar refractivity (Wildman–Crippen MR) is 138 cm³/mol. The number of pyridine rings is 1. The van der Waals surface area contributed by atoms with Crippen molar-refractivity contribution in [1.29, 1.82) is 0 Å². The summed E-state index contributed by atoms with van der Waals surface area (Å²) >= 11 is 0. The molecule has 6 nitrogen and oxygen atoms in total. The van der Waals surface area contributed by atoms with Gasteiger partial charge in [0, 0.05) is 51.0 Å². The normalized spacial score (nSPS) is 19.3. The van der Waals surface area contributed by atoms with Crippen LogP contribution in [0.2, 0.25) is 0 Å². The average molecular weight is 529 g/mol. The van der Waals surface area contributed by atoms with Crippen molar-refractivity contribution in [2.75, 3.05) is 37.6 Å². The smallest absolute Gasteiger partial charge is 0.191 e. The zero-order valence-corrected chi connectivity index (χ0v) is 21.4. The molecule has 2 aliphatic heterocycles. The molecule has 2 fully saturated rings. The van der Waals surface area contributed by atoms with Crippen LogP contribution in [0.15, 0.2) is 23.3 Å². The molecule has 3 heterocycles. The monoisotopic (exact) mass is 528 g/mol. The molecule has 30 heavy (non-hydrogen) atoms. The summed E-state index contributed by atoms with van der Waals surface area (Å²) in [5.41, 5.74) is 1.16. The van der Waals surface area contributed by atoms with Crippen molar-refractivity contribution >= 4 is 35.8 Å². The second-order valence-electron chi connectivity index (χ2n) is 8.67. The highest BCUT2D eigenvalue weighted by molar-refractivity contribution is 14.0. The molecule has 0 aromatic carbocycles. The molecule has 2 saturated heterocycles. The molecule has 0 aliphatic carbocycles. The molecule has 3 rings (SSSR count). The Morgan fingerprint density at radius 2 is 1.80 bits per heavy atom. The zero-order valence-electron chi connectivity index (χ0n) is 19.1. The van der Waals surface area contributed by atoms with Gasteiger partial charge in [-0.1, -0.05) is 18.9 Å². The molecule has 2 aliphatic rings. The molecule has 0 radical (unpaired) electrons. The lowest BCUT2D eigenvalue weighted by atomic mass is 10.0. The second kappa shape index (κ2) is 13.3. The minimum Gasteiger partial charge on any atom is -0.357 e. The van der Waals surface area contributed by atoms with Gasteiger partial charge in [-0.05, 0) is 58.1 Å². The topological polar surface area (TPSA) is 55.8 Å². The van der Waals surface area contributed by atoms with Crippen molar-refractivity contribution in [2.24, 2.45) is 4.99 Å². The predicted octanol–water partition coefficient (Wildman–Crippen LogP) is 4.01. The number of hydrogen-bond donors (Lipinski definition) is 2. The lowest BCUT2D eigenvalue weighted by Gasteiger charge is -2.35. The van der Waals surface area contributed by atoms with E-state index in [-0.39, 0.29) is 24.0 Å². The molecule has 0 amide bonds. The van der Waals surface area contributed by atoms with E-state index in [4.69, 9.17) is 9.98 Å². The first kappa shape index (κ1) is 25.2. The van der Waals surface area contributed by atoms with Crippen LogP contribution in [0.3, 0.4) is 0 Å². The minimum absolute atomic E-state index is 0. The van der Waals surface area contributed by atoms with Crippen molar-refractivity contribution in [3.63, 3.8) is 0 Å². The molecule has 170 valence electrons. The van der Waals surface area contributed by atoms with Crippen LogP contribution in [-0.4, -0.2) is 60.7 Å². The third-order valence-electron chi connectivity index (χ3n) is 6.10. The van der Waals surface area contributed by atoms with E-state index in [0.29, 0.717) is 18.6 Å². The van der Waals surface area contributed by atoms with Crippen LogP contribution in [0.1, 0.15) is 64.9 Å². The van der Waals surface area contributed by atoms with Gasteiger partial charge in [0.15, 0.2) is 5.96 Å². The average Bonchev–Trinajstić information content (AvgIpc) is 3.02. The first-order chi connectivity index (χ1) is 14.2. The second-order valence-corrected chi connectivity index (χ2v) is 8.67. The van der Waals surface area contributed by atoms with E-state index < -0.39 is 0 Å². The maximum Gasteiger partial charge on any atom is 0.191 e. The minimum atomic E-state index is 0. The Morgan fingerprint density at radius 3 is 2.37 bits per heavy atom. The maximum atomic E-state index is 4.82. The van der Waals surface area contributed by atoms with Crippen LogP contribution in [0.25, 0.3) is 0 Å². The van der Waals surface area contributed by atoms with Crippen LogP contribution in [0, 0.1) is 0 Å². The third-order valence-corrected chi connectivity index (χ3v) is 6.10. The molecule has 2 N–H and O–H groups in total. The number of nitrogens with zero attached hydrogens (tertiary/aromatic N) is 4. The molecule has 7 heteroatoms. The van der Waals surface area contributed by atoms with Gasteiger partial charge in [-0.2, -0.15) is 0 Å². The fourth-order valence-electron chi connectivity index (χ4n) is 4.24. The van der Waals surface area contributed by atoms with Crippen molar-refractivity contribution in [3.8, 4) is 0 Å². The number of guanidine groups is 1. The summed E-state index contributed by atoms with van der Waals surface area (Å²) in [6, 6.07) is 5.49. The molecule has 0 spiro atoms. The number of hydrogen-bond acceptors (Lipinski definition) is 4. The molecule has 0 saturated carbocycles. The SMILES string of the molecule is CCNC(=NCc1ccc(N2CCCCCC2)nc1)NC1CCN(C(C)C)CC1.I. The summed E-state index contributed by atoms with van der Waals surface area (Å²) < 4.78 is 0. The Labute approximate surface area is 200 Å². The fraction of sp³-hybridized carbons (Fsp3) is 0.739. The van der Waals surface area contributed by atoms with E-state index in [0.717, 1.165) is 50.1 Å². The fourth-order valence-corrected chi connectivity index (χ4v) is 4.24. The zero-order chi connectivity index (χ0) is 20.5. The highest BCUT2D eigenvalue weighted by Gasteiger charge is 2.21. The van der Waals surface area contributed by atoms with Crippen LogP contribution in [0.5, 0.6) is 0 Å². The number of likely N-dealkylation sites (tertiary alicyclic amines) is 1. The largest absolute Gasteiger partial charge is 0.357 e. The Kier molecular flexibility index (Phi) is 11.2.